The second kappa shape index (κ2) is 5.10. The Balaban J connectivity index is 0.00000120. The van der Waals surface area contributed by atoms with Gasteiger partial charge in [-0.05, 0) is 13.8 Å². The number of hydrogen-bond donors (Lipinski definition) is 0. The molecule has 0 amide bonds. The fraction of sp³-hybridized carbons (Fsp3) is 0.118. The Morgan fingerprint density at radius 1 is 0.833 bits per heavy atom. The van der Waals surface area contributed by atoms with E-state index in [1.807, 2.05) is 0 Å². The summed E-state index contributed by atoms with van der Waals surface area (Å²) in [7, 11) is 0. The second-order valence-corrected chi connectivity index (χ2v) is 4.71. The van der Waals surface area contributed by atoms with E-state index in [9.17, 15) is 0 Å². The molecule has 0 aliphatic rings. The normalized spacial score (nSPS) is 10.3. The van der Waals surface area contributed by atoms with Crippen LogP contribution in [0.1, 0.15) is 11.1 Å². The molecule has 0 aliphatic carbocycles. The van der Waals surface area contributed by atoms with Crippen molar-refractivity contribution >= 4 is 10.8 Å². The minimum Gasteiger partial charge on any atom is -0.129 e. The Kier molecular flexibility index (Phi) is 3.71. The SMILES string of the molecule is Cc1cc(C)cc(-[c-]2ccc3ccccc32)c1.[Li+]. The molecule has 0 fully saturated rings. The molecule has 3 aromatic carbocycles. The topological polar surface area (TPSA) is 0 Å². The molecule has 0 N–H and O–H groups in total. The van der Waals surface area contributed by atoms with Crippen molar-refractivity contribution in [3.8, 4) is 11.1 Å². The fourth-order valence-electron chi connectivity index (χ4n) is 2.53. The third kappa shape index (κ3) is 2.27. The quantitative estimate of drug-likeness (QED) is 0.439. The van der Waals surface area contributed by atoms with Crippen molar-refractivity contribution in [1.29, 1.82) is 0 Å². The Labute approximate surface area is 120 Å². The van der Waals surface area contributed by atoms with Crippen LogP contribution in [0.2, 0.25) is 0 Å². The van der Waals surface area contributed by atoms with Gasteiger partial charge in [0.1, 0.15) is 0 Å². The van der Waals surface area contributed by atoms with E-state index >= 15 is 0 Å². The van der Waals surface area contributed by atoms with Crippen LogP contribution in [0.25, 0.3) is 21.9 Å². The summed E-state index contributed by atoms with van der Waals surface area (Å²) in [6.45, 7) is 4.31. The predicted octanol–water partition coefficient (Wildman–Crippen LogP) is 1.85. The molecule has 0 atom stereocenters. The molecular formula is C17H15Li. The first-order chi connectivity index (χ1) is 8.24. The van der Waals surface area contributed by atoms with Crippen molar-refractivity contribution in [1.82, 2.24) is 0 Å². The van der Waals surface area contributed by atoms with Gasteiger partial charge in [-0.25, -0.2) is 0 Å². The third-order valence-corrected chi connectivity index (χ3v) is 3.21. The van der Waals surface area contributed by atoms with Gasteiger partial charge in [0, 0.05) is 0 Å². The number of benzene rings is 2. The Morgan fingerprint density at radius 3 is 2.22 bits per heavy atom. The summed E-state index contributed by atoms with van der Waals surface area (Å²) in [5.74, 6) is 0. The summed E-state index contributed by atoms with van der Waals surface area (Å²) >= 11 is 0. The van der Waals surface area contributed by atoms with Crippen LogP contribution in [0.5, 0.6) is 0 Å². The molecule has 0 saturated heterocycles. The molecule has 0 spiro atoms. The molecule has 3 aromatic rings. The molecule has 0 heterocycles. The molecular weight excluding hydrogens is 211 g/mol. The summed E-state index contributed by atoms with van der Waals surface area (Å²) in [5.41, 5.74) is 5.31. The van der Waals surface area contributed by atoms with Crippen molar-refractivity contribution in [2.24, 2.45) is 0 Å². The second-order valence-electron chi connectivity index (χ2n) is 4.71. The molecule has 0 radical (unpaired) electrons. The van der Waals surface area contributed by atoms with E-state index in [1.54, 1.807) is 0 Å². The molecule has 0 saturated carbocycles. The van der Waals surface area contributed by atoms with Crippen LogP contribution < -0.4 is 18.9 Å². The van der Waals surface area contributed by atoms with Crippen LogP contribution in [0.15, 0.2) is 54.6 Å². The molecule has 0 nitrogen and oxygen atoms in total. The van der Waals surface area contributed by atoms with E-state index < -0.39 is 0 Å². The number of rotatable bonds is 1. The van der Waals surface area contributed by atoms with Crippen LogP contribution in [0.3, 0.4) is 0 Å². The van der Waals surface area contributed by atoms with E-state index in [0.717, 1.165) is 0 Å². The zero-order chi connectivity index (χ0) is 11.8. The minimum absolute atomic E-state index is 0. The molecule has 0 bridgehead atoms. The largest absolute Gasteiger partial charge is 1.00 e. The van der Waals surface area contributed by atoms with Crippen molar-refractivity contribution in [3.63, 3.8) is 0 Å². The van der Waals surface area contributed by atoms with Gasteiger partial charge in [0.25, 0.3) is 0 Å². The summed E-state index contributed by atoms with van der Waals surface area (Å²) in [6.07, 6.45) is 0. The van der Waals surface area contributed by atoms with Gasteiger partial charge in [0.2, 0.25) is 0 Å². The molecule has 0 aromatic heterocycles. The smallest absolute Gasteiger partial charge is 0.129 e. The van der Waals surface area contributed by atoms with Crippen molar-refractivity contribution in [2.75, 3.05) is 0 Å². The van der Waals surface area contributed by atoms with Gasteiger partial charge >= 0.3 is 18.9 Å². The zero-order valence-electron chi connectivity index (χ0n) is 11.2. The maximum atomic E-state index is 2.26. The zero-order valence-corrected chi connectivity index (χ0v) is 11.2. The van der Waals surface area contributed by atoms with E-state index in [1.165, 1.54) is 33.0 Å². The summed E-state index contributed by atoms with van der Waals surface area (Å²) in [4.78, 5) is 0. The van der Waals surface area contributed by atoms with E-state index in [2.05, 4.69) is 68.4 Å². The van der Waals surface area contributed by atoms with E-state index in [-0.39, 0.29) is 18.9 Å². The molecule has 1 heteroatoms. The van der Waals surface area contributed by atoms with Gasteiger partial charge in [0.05, 0.1) is 0 Å². The number of aryl methyl sites for hydroxylation is 2. The standard InChI is InChI=1S/C17H15.Li/c1-12-9-13(2)11-15(10-12)17-8-7-14-5-3-4-6-16(14)17;/h3-11H,1-2H3;/q-1;+1. The fourth-order valence-corrected chi connectivity index (χ4v) is 2.53. The first-order valence-corrected chi connectivity index (χ1v) is 5.97. The van der Waals surface area contributed by atoms with E-state index in [4.69, 9.17) is 0 Å². The van der Waals surface area contributed by atoms with Gasteiger partial charge in [-0.3, -0.25) is 0 Å². The number of hydrogen-bond acceptors (Lipinski definition) is 0. The summed E-state index contributed by atoms with van der Waals surface area (Å²) in [6, 6.07) is 19.7. The van der Waals surface area contributed by atoms with Crippen molar-refractivity contribution in [3.05, 3.63) is 65.7 Å². The van der Waals surface area contributed by atoms with Gasteiger partial charge in [-0.15, -0.1) is 35.9 Å². The maximum Gasteiger partial charge on any atom is 1.00 e. The molecule has 0 aliphatic heterocycles. The Morgan fingerprint density at radius 2 is 1.50 bits per heavy atom. The first kappa shape index (κ1) is 13.1. The van der Waals surface area contributed by atoms with Crippen molar-refractivity contribution in [2.45, 2.75) is 13.8 Å². The van der Waals surface area contributed by atoms with Gasteiger partial charge in [-0.1, -0.05) is 51.7 Å². The molecule has 3 rings (SSSR count). The van der Waals surface area contributed by atoms with Gasteiger partial charge in [0.15, 0.2) is 0 Å². The van der Waals surface area contributed by atoms with Crippen LogP contribution in [0, 0.1) is 13.8 Å². The minimum atomic E-state index is 0. The van der Waals surface area contributed by atoms with Crippen LogP contribution in [-0.2, 0) is 0 Å². The average Bonchev–Trinajstić information content (AvgIpc) is 2.71. The van der Waals surface area contributed by atoms with E-state index in [0.29, 0.717) is 0 Å². The third-order valence-electron chi connectivity index (χ3n) is 3.21. The number of fused-ring (bicyclic) bond motifs is 1. The monoisotopic (exact) mass is 226 g/mol. The average molecular weight is 226 g/mol. The van der Waals surface area contributed by atoms with Crippen LogP contribution in [-0.4, -0.2) is 0 Å². The summed E-state index contributed by atoms with van der Waals surface area (Å²) in [5, 5.41) is 2.67. The van der Waals surface area contributed by atoms with Crippen LogP contribution in [0.4, 0.5) is 0 Å². The molecule has 0 unspecified atom stereocenters. The Hall–Kier alpha value is -1.35. The molecule has 18 heavy (non-hydrogen) atoms. The van der Waals surface area contributed by atoms with Gasteiger partial charge < -0.3 is 0 Å². The summed E-state index contributed by atoms with van der Waals surface area (Å²) < 4.78 is 0. The van der Waals surface area contributed by atoms with Crippen molar-refractivity contribution < 1.29 is 18.9 Å². The predicted molar refractivity (Wildman–Crippen MR) is 74.5 cm³/mol. The first-order valence-electron chi connectivity index (χ1n) is 5.97. The Bertz CT molecular complexity index is 657. The maximum absolute atomic E-state index is 2.26. The van der Waals surface area contributed by atoms with Crippen LogP contribution >= 0.6 is 0 Å². The van der Waals surface area contributed by atoms with Gasteiger partial charge in [-0.2, -0.15) is 0 Å². The molecule has 84 valence electrons.